The van der Waals surface area contributed by atoms with Gasteiger partial charge in [-0.25, -0.2) is 0 Å². The summed E-state index contributed by atoms with van der Waals surface area (Å²) in [6.07, 6.45) is 3.04. The molecule has 0 aliphatic carbocycles. The molecular weight excluding hydrogens is 398 g/mol. The summed E-state index contributed by atoms with van der Waals surface area (Å²) < 4.78 is 0. The van der Waals surface area contributed by atoms with Crippen LogP contribution in [0.5, 0.6) is 0 Å². The summed E-state index contributed by atoms with van der Waals surface area (Å²) in [5.74, 6) is -1.65. The maximum Gasteiger partial charge on any atom is 0.296 e. The molecule has 1 aliphatic rings. The standard InChI is InChI=1S/C23H19N3O3S/c1-14-8-11-17(12-9-14)20-19(18(27)13-10-16-6-4-3-5-7-16)21(28)22(29)26(20)23-25-24-15(2)30-23/h3-13,20,28H,1-2H3. The van der Waals surface area contributed by atoms with Gasteiger partial charge in [0.25, 0.3) is 5.91 Å². The molecule has 2 aromatic carbocycles. The Morgan fingerprint density at radius 3 is 2.40 bits per heavy atom. The lowest BCUT2D eigenvalue weighted by Crippen LogP contribution is -2.30. The second-order valence-electron chi connectivity index (χ2n) is 6.96. The fourth-order valence-electron chi connectivity index (χ4n) is 3.33. The number of aromatic nitrogens is 2. The highest BCUT2D eigenvalue weighted by Gasteiger charge is 2.45. The van der Waals surface area contributed by atoms with E-state index in [0.717, 1.165) is 11.1 Å². The fraction of sp³-hybridized carbons (Fsp3) is 0.130. The Bertz CT molecular complexity index is 1160. The molecule has 0 radical (unpaired) electrons. The van der Waals surface area contributed by atoms with Gasteiger partial charge in [-0.3, -0.25) is 14.5 Å². The van der Waals surface area contributed by atoms with Gasteiger partial charge in [-0.15, -0.1) is 10.2 Å². The zero-order valence-electron chi connectivity index (χ0n) is 16.4. The molecule has 2 heterocycles. The predicted octanol–water partition coefficient (Wildman–Crippen LogP) is 4.34. The van der Waals surface area contributed by atoms with Crippen LogP contribution in [0.3, 0.4) is 0 Å². The SMILES string of the molecule is Cc1ccc(C2C(C(=O)C=Cc3ccccc3)=C(O)C(=O)N2c2nnc(C)s2)cc1. The Labute approximate surface area is 177 Å². The number of aliphatic hydroxyl groups excluding tert-OH is 1. The molecule has 6 nitrogen and oxygen atoms in total. The van der Waals surface area contributed by atoms with E-state index in [9.17, 15) is 14.7 Å². The molecule has 0 saturated heterocycles. The maximum absolute atomic E-state index is 13.1. The molecule has 0 fully saturated rings. The molecule has 1 unspecified atom stereocenters. The van der Waals surface area contributed by atoms with E-state index >= 15 is 0 Å². The van der Waals surface area contributed by atoms with E-state index in [1.54, 1.807) is 13.0 Å². The summed E-state index contributed by atoms with van der Waals surface area (Å²) in [6, 6.07) is 16.1. The summed E-state index contributed by atoms with van der Waals surface area (Å²) in [4.78, 5) is 27.4. The van der Waals surface area contributed by atoms with Crippen LogP contribution in [-0.4, -0.2) is 27.0 Å². The number of aryl methyl sites for hydroxylation is 2. The van der Waals surface area contributed by atoms with Gasteiger partial charge in [-0.2, -0.15) is 0 Å². The Morgan fingerprint density at radius 1 is 1.07 bits per heavy atom. The van der Waals surface area contributed by atoms with Crippen molar-refractivity contribution in [2.45, 2.75) is 19.9 Å². The van der Waals surface area contributed by atoms with Gasteiger partial charge in [0.2, 0.25) is 5.13 Å². The molecule has 0 spiro atoms. The van der Waals surface area contributed by atoms with Crippen LogP contribution in [0.1, 0.15) is 27.7 Å². The number of hydrogen-bond acceptors (Lipinski definition) is 6. The van der Waals surface area contributed by atoms with Gasteiger partial charge in [0.05, 0.1) is 11.6 Å². The van der Waals surface area contributed by atoms with Crippen molar-refractivity contribution in [3.05, 3.63) is 93.7 Å². The third-order valence-electron chi connectivity index (χ3n) is 4.81. The minimum absolute atomic E-state index is 0.0314. The molecule has 3 aromatic rings. The number of nitrogens with zero attached hydrogens (tertiary/aromatic N) is 3. The lowest BCUT2D eigenvalue weighted by Gasteiger charge is -2.23. The molecule has 1 amide bonds. The van der Waals surface area contributed by atoms with Crippen molar-refractivity contribution in [1.82, 2.24) is 10.2 Å². The molecular formula is C23H19N3O3S. The van der Waals surface area contributed by atoms with Crippen LogP contribution < -0.4 is 4.90 Å². The van der Waals surface area contributed by atoms with Crippen LogP contribution in [0.25, 0.3) is 6.08 Å². The van der Waals surface area contributed by atoms with E-state index in [1.807, 2.05) is 61.5 Å². The minimum Gasteiger partial charge on any atom is -0.503 e. The van der Waals surface area contributed by atoms with Gasteiger partial charge in [0.1, 0.15) is 5.01 Å². The van der Waals surface area contributed by atoms with Crippen LogP contribution in [0.2, 0.25) is 0 Å². The Morgan fingerprint density at radius 2 is 1.77 bits per heavy atom. The molecule has 150 valence electrons. The highest BCUT2D eigenvalue weighted by molar-refractivity contribution is 7.15. The minimum atomic E-state index is -0.779. The van der Waals surface area contributed by atoms with E-state index in [-0.39, 0.29) is 5.57 Å². The normalized spacial score (nSPS) is 16.7. The van der Waals surface area contributed by atoms with Crippen LogP contribution >= 0.6 is 11.3 Å². The number of rotatable bonds is 5. The summed E-state index contributed by atoms with van der Waals surface area (Å²) in [5, 5.41) is 19.7. The Balaban J connectivity index is 1.78. The number of carbonyl (C=O) groups excluding carboxylic acids is 2. The van der Waals surface area contributed by atoms with Crippen molar-refractivity contribution in [2.24, 2.45) is 0 Å². The highest BCUT2D eigenvalue weighted by Crippen LogP contribution is 2.42. The average molecular weight is 417 g/mol. The van der Waals surface area contributed by atoms with Gasteiger partial charge in [0.15, 0.2) is 11.5 Å². The number of hydrogen-bond donors (Lipinski definition) is 1. The summed E-state index contributed by atoms with van der Waals surface area (Å²) in [6.45, 7) is 3.74. The number of ketones is 1. The van der Waals surface area contributed by atoms with E-state index in [4.69, 9.17) is 0 Å². The quantitative estimate of drug-likeness (QED) is 0.625. The predicted molar refractivity (Wildman–Crippen MR) is 116 cm³/mol. The lowest BCUT2D eigenvalue weighted by molar-refractivity contribution is -0.117. The first-order chi connectivity index (χ1) is 14.5. The Hall–Kier alpha value is -3.58. The summed E-state index contributed by atoms with van der Waals surface area (Å²) in [5.41, 5.74) is 2.64. The molecule has 30 heavy (non-hydrogen) atoms. The largest absolute Gasteiger partial charge is 0.503 e. The van der Waals surface area contributed by atoms with Crippen LogP contribution in [0.4, 0.5) is 5.13 Å². The molecule has 1 atom stereocenters. The van der Waals surface area contributed by atoms with Crippen LogP contribution in [0.15, 0.2) is 72.0 Å². The van der Waals surface area contributed by atoms with Gasteiger partial charge >= 0.3 is 0 Å². The van der Waals surface area contributed by atoms with Gasteiger partial charge in [-0.05, 0) is 31.1 Å². The third kappa shape index (κ3) is 3.67. The first kappa shape index (κ1) is 19.7. The van der Waals surface area contributed by atoms with Crippen molar-refractivity contribution in [2.75, 3.05) is 4.90 Å². The van der Waals surface area contributed by atoms with Crippen molar-refractivity contribution in [3.63, 3.8) is 0 Å². The number of allylic oxidation sites excluding steroid dienone is 1. The number of anilines is 1. The maximum atomic E-state index is 13.1. The van der Waals surface area contributed by atoms with E-state index < -0.39 is 23.5 Å². The lowest BCUT2D eigenvalue weighted by atomic mass is 9.95. The van der Waals surface area contributed by atoms with Gasteiger partial charge < -0.3 is 5.11 Å². The molecule has 1 N–H and O–H groups in total. The van der Waals surface area contributed by atoms with E-state index in [2.05, 4.69) is 10.2 Å². The molecule has 1 aromatic heterocycles. The summed E-state index contributed by atoms with van der Waals surface area (Å²) >= 11 is 1.23. The zero-order chi connectivity index (χ0) is 21.3. The average Bonchev–Trinajstić information content (AvgIpc) is 3.28. The first-order valence-electron chi connectivity index (χ1n) is 9.36. The monoisotopic (exact) mass is 417 g/mol. The van der Waals surface area contributed by atoms with Crippen molar-refractivity contribution in [3.8, 4) is 0 Å². The van der Waals surface area contributed by atoms with E-state index in [0.29, 0.717) is 15.7 Å². The van der Waals surface area contributed by atoms with Crippen LogP contribution in [0, 0.1) is 13.8 Å². The molecule has 0 bridgehead atoms. The van der Waals surface area contributed by atoms with Crippen LogP contribution in [-0.2, 0) is 9.59 Å². The number of aliphatic hydroxyl groups is 1. The molecule has 1 aliphatic heterocycles. The van der Waals surface area contributed by atoms with Crippen molar-refractivity contribution < 1.29 is 14.7 Å². The number of carbonyl (C=O) groups is 2. The van der Waals surface area contributed by atoms with Crippen molar-refractivity contribution in [1.29, 1.82) is 0 Å². The third-order valence-corrected chi connectivity index (χ3v) is 5.65. The molecule has 7 heteroatoms. The number of benzene rings is 2. The van der Waals surface area contributed by atoms with Gasteiger partial charge in [0, 0.05) is 0 Å². The smallest absolute Gasteiger partial charge is 0.296 e. The zero-order valence-corrected chi connectivity index (χ0v) is 17.3. The van der Waals surface area contributed by atoms with E-state index in [1.165, 1.54) is 22.3 Å². The number of amides is 1. The second kappa shape index (κ2) is 8.04. The summed E-state index contributed by atoms with van der Waals surface area (Å²) in [7, 11) is 0. The molecule has 4 rings (SSSR count). The first-order valence-corrected chi connectivity index (χ1v) is 10.2. The topological polar surface area (TPSA) is 83.4 Å². The molecule has 0 saturated carbocycles. The van der Waals surface area contributed by atoms with Gasteiger partial charge in [-0.1, -0.05) is 77.6 Å². The second-order valence-corrected chi connectivity index (χ2v) is 8.12. The fourth-order valence-corrected chi connectivity index (χ4v) is 4.04. The van der Waals surface area contributed by atoms with Crippen molar-refractivity contribution >= 4 is 34.2 Å². The Kier molecular flexibility index (Phi) is 5.29. The highest BCUT2D eigenvalue weighted by atomic mass is 32.1.